The predicted octanol–water partition coefficient (Wildman–Crippen LogP) is 3.51. The minimum atomic E-state index is -0.331. The largest absolute Gasteiger partial charge is 0.338 e. The molecule has 2 aromatic rings. The number of nitrogens with zero attached hydrogens (tertiary/aromatic N) is 3. The van der Waals surface area contributed by atoms with E-state index in [0.29, 0.717) is 18.1 Å². The lowest BCUT2D eigenvalue weighted by Gasteiger charge is -2.18. The van der Waals surface area contributed by atoms with E-state index in [1.807, 2.05) is 26.8 Å². The number of aromatic nitrogens is 1. The van der Waals surface area contributed by atoms with Crippen molar-refractivity contribution in [3.05, 3.63) is 41.0 Å². The Labute approximate surface area is 156 Å². The van der Waals surface area contributed by atoms with Gasteiger partial charge in [0.25, 0.3) is 0 Å². The number of urea groups is 1. The summed E-state index contributed by atoms with van der Waals surface area (Å²) in [6.45, 7) is 6.92. The number of halogens is 1. The summed E-state index contributed by atoms with van der Waals surface area (Å²) in [4.78, 5) is 27.9. The van der Waals surface area contributed by atoms with Crippen LogP contribution in [0.1, 0.15) is 26.5 Å². The lowest BCUT2D eigenvalue weighted by atomic mass is 9.92. The molecule has 8 heteroatoms. The maximum atomic E-state index is 12.5. The topological polar surface area (TPSA) is 78.7 Å². The van der Waals surface area contributed by atoms with Crippen molar-refractivity contribution >= 4 is 35.1 Å². The molecule has 1 aromatic heterocycles. The monoisotopic (exact) mass is 376 g/mol. The van der Waals surface area contributed by atoms with Crippen LogP contribution in [0.25, 0.3) is 0 Å². The molecule has 0 aliphatic carbocycles. The van der Waals surface area contributed by atoms with Crippen LogP contribution >= 0.6 is 11.6 Å². The number of hydrogen-bond acceptors (Lipinski definition) is 4. The van der Waals surface area contributed by atoms with Crippen molar-refractivity contribution in [2.45, 2.75) is 26.2 Å². The Hall–Kier alpha value is -2.54. The van der Waals surface area contributed by atoms with Crippen LogP contribution in [0.15, 0.2) is 34.9 Å². The zero-order chi connectivity index (χ0) is 18.9. The van der Waals surface area contributed by atoms with E-state index in [2.05, 4.69) is 10.5 Å². The second-order valence-electron chi connectivity index (χ2n) is 7.21. The second kappa shape index (κ2) is 6.99. The van der Waals surface area contributed by atoms with Gasteiger partial charge < -0.3 is 9.42 Å². The third-order valence-corrected chi connectivity index (χ3v) is 4.33. The number of carbonyl (C=O) groups excluding carboxylic acids is 2. The van der Waals surface area contributed by atoms with Gasteiger partial charge in [-0.15, -0.1) is 0 Å². The summed E-state index contributed by atoms with van der Waals surface area (Å²) in [5.41, 5.74) is 1.29. The summed E-state index contributed by atoms with van der Waals surface area (Å²) in [7, 11) is 0. The van der Waals surface area contributed by atoms with Crippen molar-refractivity contribution in [1.82, 2.24) is 10.1 Å². The van der Waals surface area contributed by atoms with E-state index in [1.165, 1.54) is 4.90 Å². The van der Waals surface area contributed by atoms with Gasteiger partial charge in [0, 0.05) is 35.3 Å². The van der Waals surface area contributed by atoms with E-state index in [-0.39, 0.29) is 29.8 Å². The average molecular weight is 377 g/mol. The van der Waals surface area contributed by atoms with E-state index >= 15 is 0 Å². The molecule has 0 saturated carbocycles. The first-order valence-electron chi connectivity index (χ1n) is 8.33. The Morgan fingerprint density at radius 2 is 2.08 bits per heavy atom. The molecule has 138 valence electrons. The Kier molecular flexibility index (Phi) is 4.91. The smallest absolute Gasteiger partial charge is 0.325 e. The van der Waals surface area contributed by atoms with Crippen molar-refractivity contribution in [1.29, 1.82) is 0 Å². The third kappa shape index (κ3) is 3.99. The first-order valence-corrected chi connectivity index (χ1v) is 8.71. The van der Waals surface area contributed by atoms with Crippen molar-refractivity contribution in [2.24, 2.45) is 0 Å². The van der Waals surface area contributed by atoms with Crippen molar-refractivity contribution in [2.75, 3.05) is 29.9 Å². The van der Waals surface area contributed by atoms with E-state index in [0.717, 1.165) is 11.4 Å². The zero-order valence-corrected chi connectivity index (χ0v) is 15.7. The Morgan fingerprint density at radius 3 is 2.73 bits per heavy atom. The predicted molar refractivity (Wildman–Crippen MR) is 99.6 cm³/mol. The number of nitrogens with one attached hydrogen (secondary N) is 1. The first kappa shape index (κ1) is 18.3. The molecule has 0 spiro atoms. The van der Waals surface area contributed by atoms with Gasteiger partial charge in [0.1, 0.15) is 6.54 Å². The lowest BCUT2D eigenvalue weighted by molar-refractivity contribution is -0.116. The number of carbonyl (C=O) groups is 2. The molecule has 7 nitrogen and oxygen atoms in total. The van der Waals surface area contributed by atoms with Gasteiger partial charge in [0.15, 0.2) is 0 Å². The summed E-state index contributed by atoms with van der Waals surface area (Å²) >= 11 is 5.98. The normalized spacial score (nSPS) is 14.8. The van der Waals surface area contributed by atoms with Gasteiger partial charge in [0.2, 0.25) is 11.8 Å². The number of hydrogen-bond donors (Lipinski definition) is 1. The van der Waals surface area contributed by atoms with E-state index in [9.17, 15) is 9.59 Å². The summed E-state index contributed by atoms with van der Waals surface area (Å²) in [6.07, 6.45) is 0. The molecule has 1 saturated heterocycles. The van der Waals surface area contributed by atoms with E-state index in [1.54, 1.807) is 29.2 Å². The minimum Gasteiger partial charge on any atom is -0.338 e. The van der Waals surface area contributed by atoms with E-state index < -0.39 is 0 Å². The van der Waals surface area contributed by atoms with Crippen molar-refractivity contribution in [3.8, 4) is 0 Å². The fourth-order valence-corrected chi connectivity index (χ4v) is 2.84. The number of amides is 3. The fourth-order valence-electron chi connectivity index (χ4n) is 2.65. The molecule has 0 unspecified atom stereocenters. The number of benzene rings is 1. The van der Waals surface area contributed by atoms with Gasteiger partial charge in [-0.05, 0) is 18.2 Å². The van der Waals surface area contributed by atoms with Crippen LogP contribution in [0.5, 0.6) is 0 Å². The zero-order valence-electron chi connectivity index (χ0n) is 15.0. The Bertz CT molecular complexity index is 828. The SMILES string of the molecule is CC(C)(C)c1cc(NC(=O)CN2CCN(c3cccc(Cl)c3)C2=O)on1. The molecule has 1 aliphatic rings. The molecule has 1 N–H and O–H groups in total. The van der Waals surface area contributed by atoms with Gasteiger partial charge in [-0.2, -0.15) is 0 Å². The third-order valence-electron chi connectivity index (χ3n) is 4.09. The highest BCUT2D eigenvalue weighted by molar-refractivity contribution is 6.30. The quantitative estimate of drug-likeness (QED) is 0.885. The highest BCUT2D eigenvalue weighted by Gasteiger charge is 2.31. The minimum absolute atomic E-state index is 0.0541. The molecule has 2 heterocycles. The van der Waals surface area contributed by atoms with Crippen LogP contribution in [0.4, 0.5) is 16.4 Å². The first-order chi connectivity index (χ1) is 12.2. The molecule has 0 radical (unpaired) electrons. The Balaban J connectivity index is 1.60. The summed E-state index contributed by atoms with van der Waals surface area (Å²) < 4.78 is 5.15. The molecular weight excluding hydrogens is 356 g/mol. The van der Waals surface area contributed by atoms with Crippen molar-refractivity contribution < 1.29 is 14.1 Å². The van der Waals surface area contributed by atoms with Crippen LogP contribution in [0.3, 0.4) is 0 Å². The van der Waals surface area contributed by atoms with Crippen LogP contribution < -0.4 is 10.2 Å². The molecule has 0 bridgehead atoms. The summed E-state index contributed by atoms with van der Waals surface area (Å²) in [5.74, 6) is -0.0545. The van der Waals surface area contributed by atoms with Crippen molar-refractivity contribution in [3.63, 3.8) is 0 Å². The second-order valence-corrected chi connectivity index (χ2v) is 7.65. The van der Waals surface area contributed by atoms with Crippen LogP contribution in [-0.2, 0) is 10.2 Å². The van der Waals surface area contributed by atoms with Crippen LogP contribution in [0, 0.1) is 0 Å². The number of anilines is 2. The molecule has 1 aromatic carbocycles. The molecule has 3 amide bonds. The van der Waals surface area contributed by atoms with Gasteiger partial charge in [0.05, 0.1) is 5.69 Å². The molecule has 3 rings (SSSR count). The lowest BCUT2D eigenvalue weighted by Crippen LogP contribution is -2.37. The molecular formula is C18H21ClN4O3. The van der Waals surface area contributed by atoms with Gasteiger partial charge in [-0.25, -0.2) is 4.79 Å². The van der Waals surface area contributed by atoms with Crippen LogP contribution in [0.2, 0.25) is 5.02 Å². The molecule has 1 fully saturated rings. The maximum absolute atomic E-state index is 12.5. The van der Waals surface area contributed by atoms with Gasteiger partial charge in [-0.3, -0.25) is 15.0 Å². The molecule has 26 heavy (non-hydrogen) atoms. The van der Waals surface area contributed by atoms with E-state index in [4.69, 9.17) is 16.1 Å². The number of rotatable bonds is 4. The summed E-state index contributed by atoms with van der Waals surface area (Å²) in [6, 6.07) is 8.55. The van der Waals surface area contributed by atoms with Gasteiger partial charge in [-0.1, -0.05) is 43.6 Å². The molecule has 0 atom stereocenters. The fraction of sp³-hybridized carbons (Fsp3) is 0.389. The van der Waals surface area contributed by atoms with Gasteiger partial charge >= 0.3 is 6.03 Å². The summed E-state index contributed by atoms with van der Waals surface area (Å²) in [5, 5.41) is 7.16. The molecule has 1 aliphatic heterocycles. The average Bonchev–Trinajstić information content (AvgIpc) is 3.15. The maximum Gasteiger partial charge on any atom is 0.325 e. The highest BCUT2D eigenvalue weighted by atomic mass is 35.5. The van der Waals surface area contributed by atoms with Crippen LogP contribution in [-0.4, -0.2) is 41.6 Å². The highest BCUT2D eigenvalue weighted by Crippen LogP contribution is 2.25. The standard InChI is InChI=1S/C18H21ClN4O3/c1-18(2,3)14-10-16(26-21-14)20-15(24)11-22-7-8-23(17(22)25)13-6-4-5-12(19)9-13/h4-6,9-10H,7-8,11H2,1-3H3,(H,20,24). The Morgan fingerprint density at radius 1 is 1.31 bits per heavy atom.